The van der Waals surface area contributed by atoms with Gasteiger partial charge in [0.2, 0.25) is 11.5 Å². The number of Topliss-reactive ketones (excluding diaryl/α,β-unsaturated/α-hetero) is 1. The van der Waals surface area contributed by atoms with Crippen molar-refractivity contribution >= 4 is 22.9 Å². The second-order valence-electron chi connectivity index (χ2n) is 31.0. The van der Waals surface area contributed by atoms with Crippen LogP contribution in [0.2, 0.25) is 0 Å². The lowest BCUT2D eigenvalue weighted by molar-refractivity contribution is -0.438. The summed E-state index contributed by atoms with van der Waals surface area (Å²) in [5, 5.41) is 12.4. The lowest BCUT2D eigenvalue weighted by Gasteiger charge is -2.33. The molecule has 2 aliphatic carbocycles. The van der Waals surface area contributed by atoms with E-state index in [1.54, 1.807) is 11.1 Å². The Morgan fingerprint density at radius 3 is 1.32 bits per heavy atom. The molecule has 0 spiro atoms. The van der Waals surface area contributed by atoms with Gasteiger partial charge in [-0.1, -0.05) is 327 Å². The summed E-state index contributed by atoms with van der Waals surface area (Å²) >= 11 is 0. The maximum Gasteiger partial charge on any atom is 0.209 e. The van der Waals surface area contributed by atoms with Crippen molar-refractivity contribution < 1.29 is 14.5 Å². The molecule has 0 atom stereocenters. The molecule has 4 heteroatoms. The topological polar surface area (TPSA) is 43.5 Å². The Kier molecular flexibility index (Phi) is 29.8. The Morgan fingerprint density at radius 1 is 0.419 bits per heavy atom. The summed E-state index contributed by atoms with van der Waals surface area (Å²) < 4.78 is 2.54. The number of aryl methyl sites for hydroxylation is 2. The van der Waals surface area contributed by atoms with E-state index in [0.717, 1.165) is 37.3 Å². The Bertz CT molecular complexity index is 3100. The number of anilines is 1. The van der Waals surface area contributed by atoms with Crippen LogP contribution in [0.5, 0.6) is 0 Å². The van der Waals surface area contributed by atoms with Crippen molar-refractivity contribution in [1.29, 1.82) is 0 Å². The van der Waals surface area contributed by atoms with Gasteiger partial charge in [-0.25, -0.2) is 0 Å². The van der Waals surface area contributed by atoms with E-state index in [1.165, 1.54) is 313 Å². The number of hydrogen-bond donors (Lipinski definition) is 1. The Hall–Kier alpha value is -4.96. The minimum Gasteiger partial charge on any atom is -0.506 e. The highest BCUT2D eigenvalue weighted by Crippen LogP contribution is 2.56. The first-order valence-corrected chi connectivity index (χ1v) is 39.6. The third-order valence-electron chi connectivity index (χ3n) is 22.7. The van der Waals surface area contributed by atoms with Crippen LogP contribution in [-0.4, -0.2) is 34.3 Å². The van der Waals surface area contributed by atoms with Gasteiger partial charge in [0.05, 0.1) is 16.6 Å². The van der Waals surface area contributed by atoms with Crippen LogP contribution in [0.3, 0.4) is 0 Å². The van der Waals surface area contributed by atoms with E-state index < -0.39 is 5.41 Å². The van der Waals surface area contributed by atoms with Crippen LogP contribution < -0.4 is 4.90 Å². The largest absolute Gasteiger partial charge is 0.506 e. The van der Waals surface area contributed by atoms with Gasteiger partial charge in [-0.15, -0.1) is 0 Å². The number of unbranched alkanes of at least 4 members (excludes halogenated alkanes) is 36. The Labute approximate surface area is 570 Å². The van der Waals surface area contributed by atoms with Gasteiger partial charge in [0, 0.05) is 52.9 Å². The monoisotopic (exact) mass is 1260 g/mol. The first-order valence-electron chi connectivity index (χ1n) is 39.6. The van der Waals surface area contributed by atoms with Gasteiger partial charge in [0.1, 0.15) is 12.3 Å². The van der Waals surface area contributed by atoms with Crippen molar-refractivity contribution in [3.63, 3.8) is 0 Å². The van der Waals surface area contributed by atoms with E-state index in [9.17, 15) is 9.90 Å². The zero-order valence-electron chi connectivity index (χ0n) is 61.4. The van der Waals surface area contributed by atoms with E-state index >= 15 is 0 Å². The summed E-state index contributed by atoms with van der Waals surface area (Å²) in [5.74, 6) is 0.0958. The highest BCUT2D eigenvalue weighted by Gasteiger charge is 2.48. The molecule has 2 aliphatic heterocycles. The van der Waals surface area contributed by atoms with Gasteiger partial charge in [-0.3, -0.25) is 4.79 Å². The molecule has 510 valence electrons. The van der Waals surface area contributed by atoms with Crippen LogP contribution in [0.25, 0.3) is 22.3 Å². The highest BCUT2D eigenvalue weighted by molar-refractivity contribution is 6.24. The molecule has 8 rings (SSSR count). The first kappa shape index (κ1) is 73.8. The predicted molar refractivity (Wildman–Crippen MR) is 405 cm³/mol. The Balaban J connectivity index is 1.04. The number of carbonyl (C=O) groups excluding carboxylic acids is 1. The Morgan fingerprint density at radius 2 is 0.828 bits per heavy atom. The quantitative estimate of drug-likeness (QED) is 0.0272. The number of rotatable bonds is 47. The summed E-state index contributed by atoms with van der Waals surface area (Å²) in [5.41, 5.74) is 18.7. The summed E-state index contributed by atoms with van der Waals surface area (Å²) in [7, 11) is 0. The van der Waals surface area contributed by atoms with E-state index in [2.05, 4.69) is 164 Å². The van der Waals surface area contributed by atoms with Gasteiger partial charge < -0.3 is 10.0 Å². The molecule has 4 aliphatic rings. The number of ketones is 1. The van der Waals surface area contributed by atoms with Crippen molar-refractivity contribution in [2.45, 2.75) is 355 Å². The molecule has 0 radical (unpaired) electrons. The van der Waals surface area contributed by atoms with Crippen LogP contribution in [0.4, 0.5) is 11.4 Å². The molecule has 0 amide bonds. The first-order chi connectivity index (χ1) is 45.2. The van der Waals surface area contributed by atoms with Crippen LogP contribution in [-0.2, 0) is 21.0 Å². The van der Waals surface area contributed by atoms with Gasteiger partial charge in [-0.2, -0.15) is 4.58 Å². The van der Waals surface area contributed by atoms with Gasteiger partial charge in [-0.05, 0) is 128 Å². The molecule has 0 saturated carbocycles. The molecule has 2 heterocycles. The maximum absolute atomic E-state index is 14.9. The fourth-order valence-electron chi connectivity index (χ4n) is 16.8. The summed E-state index contributed by atoms with van der Waals surface area (Å²) in [6.45, 7) is 24.9. The SMILES string of the molecule is CCCCCCCCCCCCCCCCN1/C(=C/C2=C(O)C(=CC3=[N+](CCCCCCCCCCCCCCCC)c4ccc(-c5ccc6c(c5)C(CCCCCCCC)(CCCCCCCC)c5cc(C)ccc5-6)cc4C3(C)C)C2=O)C(C)(C)c2ccc(C)cc21. The number of aliphatic hydroxyl groups excluding tert-OH is 1. The number of hydrogen-bond acceptors (Lipinski definition) is 3. The van der Waals surface area contributed by atoms with Crippen molar-refractivity contribution in [3.05, 3.63) is 141 Å². The zero-order valence-corrected chi connectivity index (χ0v) is 61.4. The molecular formula is C89H133N2O2+. The predicted octanol–water partition coefficient (Wildman–Crippen LogP) is 27.1. The number of benzene rings is 4. The fraction of sp³-hybridized carbons (Fsp3) is 0.640. The highest BCUT2D eigenvalue weighted by atomic mass is 16.3. The molecule has 0 fully saturated rings. The van der Waals surface area contributed by atoms with E-state index in [1.807, 2.05) is 0 Å². The minimum atomic E-state index is -0.412. The summed E-state index contributed by atoms with van der Waals surface area (Å²) in [6.07, 6.45) is 59.7. The fourth-order valence-corrected chi connectivity index (χ4v) is 16.8. The van der Waals surface area contributed by atoms with Crippen molar-refractivity contribution in [2.24, 2.45) is 0 Å². The van der Waals surface area contributed by atoms with Crippen LogP contribution >= 0.6 is 0 Å². The van der Waals surface area contributed by atoms with Crippen molar-refractivity contribution in [2.75, 3.05) is 18.0 Å². The van der Waals surface area contributed by atoms with E-state index in [-0.39, 0.29) is 22.4 Å². The second-order valence-corrected chi connectivity index (χ2v) is 31.0. The van der Waals surface area contributed by atoms with Gasteiger partial charge in [0.15, 0.2) is 5.71 Å². The molecule has 1 N–H and O–H groups in total. The molecule has 0 saturated heterocycles. The van der Waals surface area contributed by atoms with Gasteiger partial charge in [0.25, 0.3) is 0 Å². The number of nitrogens with zero attached hydrogens (tertiary/aromatic N) is 2. The second kappa shape index (κ2) is 37.5. The van der Waals surface area contributed by atoms with Crippen LogP contribution in [0.1, 0.15) is 358 Å². The normalized spacial score (nSPS) is 16.7. The van der Waals surface area contributed by atoms with E-state index in [0.29, 0.717) is 11.1 Å². The van der Waals surface area contributed by atoms with Crippen molar-refractivity contribution in [3.8, 4) is 22.3 Å². The maximum atomic E-state index is 14.9. The molecule has 4 aromatic rings. The minimum absolute atomic E-state index is 0.00979. The van der Waals surface area contributed by atoms with Crippen LogP contribution in [0, 0.1) is 13.8 Å². The van der Waals surface area contributed by atoms with Crippen LogP contribution in [0.15, 0.2) is 108 Å². The average molecular weight is 1260 g/mol. The summed E-state index contributed by atoms with van der Waals surface area (Å²) in [6, 6.07) is 29.0. The molecule has 93 heavy (non-hydrogen) atoms. The molecule has 4 nitrogen and oxygen atoms in total. The molecule has 0 aromatic heterocycles. The smallest absolute Gasteiger partial charge is 0.209 e. The molecule has 0 bridgehead atoms. The lowest BCUT2D eigenvalue weighted by atomic mass is 9.70. The number of fused-ring (bicyclic) bond motifs is 5. The molecule has 0 unspecified atom stereocenters. The standard InChI is InChI=1S/C89H132N2O2/c1-11-15-19-23-27-29-31-33-35-37-39-41-45-49-61-90-81-58-54-72(71-53-56-74-73-55-51-69(5)63-78(73)89(79(74)65-71,59-47-43-25-21-17-13-3)60-48-44-26-22-18-14-4)66-80(81)88(9,10)84(90)68-76-85(92)75(86(76)93)67-83-87(7,8)77-57-52-70(6)64-82(77)91(83)62-50-46-42-40-38-36-34-32-30-28-24-20-16-12-2/h51-58,63-68H,11-50,59-62H2,1-10H3/p+1. The zero-order chi connectivity index (χ0) is 66.1. The number of carbonyl (C=O) groups is 1. The third-order valence-corrected chi connectivity index (χ3v) is 22.7. The molecule has 4 aromatic carbocycles. The van der Waals surface area contributed by atoms with Gasteiger partial charge >= 0.3 is 0 Å². The van der Waals surface area contributed by atoms with E-state index in [4.69, 9.17) is 0 Å². The third kappa shape index (κ3) is 19.2. The summed E-state index contributed by atoms with van der Waals surface area (Å²) in [4.78, 5) is 17.4. The molecular weight excluding hydrogens is 1130 g/mol. The number of aliphatic hydroxyl groups is 1. The van der Waals surface area contributed by atoms with Crippen molar-refractivity contribution in [1.82, 2.24) is 0 Å². The average Bonchev–Trinajstić information content (AvgIpc) is 1.58. The number of allylic oxidation sites excluding steroid dienone is 5. The lowest BCUT2D eigenvalue weighted by Crippen LogP contribution is -2.32.